The van der Waals surface area contributed by atoms with E-state index < -0.39 is 10.0 Å². The molecular weight excluding hydrogens is 188 g/mol. The average Bonchev–Trinajstić information content (AvgIpc) is 2.25. The molecule has 0 aromatic rings. The first-order chi connectivity index (χ1) is 6.05. The largest absolute Gasteiger partial charge is 0.298 e. The van der Waals surface area contributed by atoms with E-state index in [4.69, 9.17) is 0 Å². The van der Waals surface area contributed by atoms with Gasteiger partial charge in [-0.1, -0.05) is 6.92 Å². The fourth-order valence-electron chi connectivity index (χ4n) is 1.47. The van der Waals surface area contributed by atoms with Crippen LogP contribution >= 0.6 is 0 Å². The van der Waals surface area contributed by atoms with Crippen LogP contribution in [-0.2, 0) is 10.0 Å². The van der Waals surface area contributed by atoms with E-state index in [1.807, 2.05) is 0 Å². The molecule has 0 saturated carbocycles. The van der Waals surface area contributed by atoms with Gasteiger partial charge in [0.15, 0.2) is 0 Å². The Bertz CT molecular complexity index is 251. The van der Waals surface area contributed by atoms with Crippen LogP contribution in [0.15, 0.2) is 0 Å². The zero-order valence-electron chi connectivity index (χ0n) is 8.28. The van der Waals surface area contributed by atoms with Crippen LogP contribution in [-0.4, -0.2) is 44.7 Å². The van der Waals surface area contributed by atoms with Gasteiger partial charge in [-0.05, 0) is 13.3 Å². The lowest BCUT2D eigenvalue weighted by atomic mass is 10.2. The molecule has 0 amide bonds. The van der Waals surface area contributed by atoms with Crippen molar-refractivity contribution in [2.24, 2.45) is 0 Å². The number of hydrogen-bond donors (Lipinski definition) is 1. The van der Waals surface area contributed by atoms with Gasteiger partial charge in [-0.25, -0.2) is 13.1 Å². The van der Waals surface area contributed by atoms with Crippen molar-refractivity contribution in [3.05, 3.63) is 0 Å². The molecule has 0 aliphatic carbocycles. The predicted molar refractivity (Wildman–Crippen MR) is 53.1 cm³/mol. The van der Waals surface area contributed by atoms with E-state index in [9.17, 15) is 8.42 Å². The molecule has 5 heteroatoms. The second-order valence-corrected chi connectivity index (χ2v) is 5.43. The Labute approximate surface area is 80.4 Å². The van der Waals surface area contributed by atoms with Gasteiger partial charge in [0.1, 0.15) is 0 Å². The van der Waals surface area contributed by atoms with E-state index in [0.717, 1.165) is 13.0 Å². The van der Waals surface area contributed by atoms with Crippen molar-refractivity contribution < 1.29 is 8.42 Å². The first-order valence-electron chi connectivity index (χ1n) is 4.76. The SMILES string of the molecule is CCC(C)N1CCNS(=O)(=O)CC1. The zero-order chi connectivity index (χ0) is 9.90. The van der Waals surface area contributed by atoms with Crippen LogP contribution in [0.3, 0.4) is 0 Å². The molecule has 1 aliphatic heterocycles. The second-order valence-electron chi connectivity index (χ2n) is 3.51. The summed E-state index contributed by atoms with van der Waals surface area (Å²) in [4.78, 5) is 2.22. The van der Waals surface area contributed by atoms with Gasteiger partial charge < -0.3 is 0 Å². The summed E-state index contributed by atoms with van der Waals surface area (Å²) >= 11 is 0. The van der Waals surface area contributed by atoms with Gasteiger partial charge in [0, 0.05) is 25.7 Å². The van der Waals surface area contributed by atoms with Crippen molar-refractivity contribution in [2.45, 2.75) is 26.3 Å². The molecule has 13 heavy (non-hydrogen) atoms. The fraction of sp³-hybridized carbons (Fsp3) is 1.00. The van der Waals surface area contributed by atoms with Crippen molar-refractivity contribution in [2.75, 3.05) is 25.4 Å². The molecule has 1 heterocycles. The highest BCUT2D eigenvalue weighted by atomic mass is 32.2. The van der Waals surface area contributed by atoms with E-state index in [-0.39, 0.29) is 5.75 Å². The Morgan fingerprint density at radius 1 is 1.46 bits per heavy atom. The van der Waals surface area contributed by atoms with Gasteiger partial charge in [-0.15, -0.1) is 0 Å². The Balaban J connectivity index is 2.54. The Kier molecular flexibility index (Phi) is 3.70. The summed E-state index contributed by atoms with van der Waals surface area (Å²) < 4.78 is 24.9. The average molecular weight is 206 g/mol. The summed E-state index contributed by atoms with van der Waals surface area (Å²) in [5, 5.41) is 0. The van der Waals surface area contributed by atoms with Crippen molar-refractivity contribution in [3.63, 3.8) is 0 Å². The van der Waals surface area contributed by atoms with Gasteiger partial charge >= 0.3 is 0 Å². The predicted octanol–water partition coefficient (Wildman–Crippen LogP) is 0.0199. The van der Waals surface area contributed by atoms with Crippen LogP contribution in [0.4, 0.5) is 0 Å². The lowest BCUT2D eigenvalue weighted by Crippen LogP contribution is -2.36. The van der Waals surface area contributed by atoms with Crippen LogP contribution in [0.2, 0.25) is 0 Å². The molecule has 1 N–H and O–H groups in total. The quantitative estimate of drug-likeness (QED) is 0.693. The monoisotopic (exact) mass is 206 g/mol. The topological polar surface area (TPSA) is 49.4 Å². The number of nitrogens with zero attached hydrogens (tertiary/aromatic N) is 1. The molecule has 1 saturated heterocycles. The molecule has 0 spiro atoms. The van der Waals surface area contributed by atoms with E-state index >= 15 is 0 Å². The minimum atomic E-state index is -2.99. The van der Waals surface area contributed by atoms with E-state index in [1.165, 1.54) is 0 Å². The summed E-state index contributed by atoms with van der Waals surface area (Å²) in [6, 6.07) is 0.482. The van der Waals surface area contributed by atoms with Crippen molar-refractivity contribution in [3.8, 4) is 0 Å². The third kappa shape index (κ3) is 3.25. The van der Waals surface area contributed by atoms with Crippen LogP contribution in [0.5, 0.6) is 0 Å². The molecule has 1 rings (SSSR count). The maximum atomic E-state index is 11.2. The summed E-state index contributed by atoms with van der Waals surface area (Å²) in [6.07, 6.45) is 1.07. The second kappa shape index (κ2) is 4.39. The molecule has 0 aromatic heterocycles. The fourth-order valence-corrected chi connectivity index (χ4v) is 2.49. The molecule has 0 radical (unpaired) electrons. The standard InChI is InChI=1S/C8H18N2O2S/c1-3-8(2)10-5-4-9-13(11,12)7-6-10/h8-9H,3-7H2,1-2H3. The molecular formula is C8H18N2O2S. The molecule has 78 valence electrons. The number of nitrogens with one attached hydrogen (secondary N) is 1. The Morgan fingerprint density at radius 2 is 2.15 bits per heavy atom. The molecule has 1 aliphatic rings. The Hall–Kier alpha value is -0.130. The smallest absolute Gasteiger partial charge is 0.212 e. The van der Waals surface area contributed by atoms with Crippen LogP contribution in [0.25, 0.3) is 0 Å². The highest BCUT2D eigenvalue weighted by Crippen LogP contribution is 2.05. The minimum absolute atomic E-state index is 0.233. The number of hydrogen-bond acceptors (Lipinski definition) is 3. The Morgan fingerprint density at radius 3 is 2.77 bits per heavy atom. The summed E-state index contributed by atoms with van der Waals surface area (Å²) in [5.74, 6) is 0.233. The molecule has 4 nitrogen and oxygen atoms in total. The maximum absolute atomic E-state index is 11.2. The van der Waals surface area contributed by atoms with Crippen LogP contribution in [0, 0.1) is 0 Å². The number of rotatable bonds is 2. The van der Waals surface area contributed by atoms with Gasteiger partial charge in [0.2, 0.25) is 10.0 Å². The first-order valence-corrected chi connectivity index (χ1v) is 6.42. The lowest BCUT2D eigenvalue weighted by Gasteiger charge is -2.25. The maximum Gasteiger partial charge on any atom is 0.212 e. The van der Waals surface area contributed by atoms with E-state index in [2.05, 4.69) is 23.5 Å². The van der Waals surface area contributed by atoms with E-state index in [1.54, 1.807) is 0 Å². The minimum Gasteiger partial charge on any atom is -0.298 e. The van der Waals surface area contributed by atoms with Gasteiger partial charge in [0.25, 0.3) is 0 Å². The molecule has 1 atom stereocenters. The normalized spacial score (nSPS) is 26.6. The first kappa shape index (κ1) is 10.9. The highest BCUT2D eigenvalue weighted by molar-refractivity contribution is 7.89. The molecule has 1 unspecified atom stereocenters. The van der Waals surface area contributed by atoms with Crippen molar-refractivity contribution >= 4 is 10.0 Å². The van der Waals surface area contributed by atoms with Crippen LogP contribution < -0.4 is 4.72 Å². The van der Waals surface area contributed by atoms with Crippen molar-refractivity contribution in [1.82, 2.24) is 9.62 Å². The third-order valence-electron chi connectivity index (χ3n) is 2.58. The van der Waals surface area contributed by atoms with Crippen LogP contribution in [0.1, 0.15) is 20.3 Å². The van der Waals surface area contributed by atoms with Gasteiger partial charge in [0.05, 0.1) is 5.75 Å². The molecule has 0 aromatic carbocycles. The highest BCUT2D eigenvalue weighted by Gasteiger charge is 2.20. The molecule has 0 bridgehead atoms. The van der Waals surface area contributed by atoms with Gasteiger partial charge in [-0.3, -0.25) is 4.90 Å². The molecule has 1 fully saturated rings. The third-order valence-corrected chi connectivity index (χ3v) is 3.95. The zero-order valence-corrected chi connectivity index (χ0v) is 9.10. The summed E-state index contributed by atoms with van der Waals surface area (Å²) in [5.41, 5.74) is 0. The number of sulfonamides is 1. The van der Waals surface area contributed by atoms with E-state index in [0.29, 0.717) is 19.1 Å². The van der Waals surface area contributed by atoms with Crippen molar-refractivity contribution in [1.29, 1.82) is 0 Å². The summed E-state index contributed by atoms with van der Waals surface area (Å²) in [7, 11) is -2.99. The summed E-state index contributed by atoms with van der Waals surface area (Å²) in [6.45, 7) is 6.29. The lowest BCUT2D eigenvalue weighted by molar-refractivity contribution is 0.224. The van der Waals surface area contributed by atoms with Gasteiger partial charge in [-0.2, -0.15) is 0 Å².